The molecule has 0 aliphatic heterocycles. The van der Waals surface area contributed by atoms with Crippen molar-refractivity contribution in [2.24, 2.45) is 5.11 Å². The quantitative estimate of drug-likeness (QED) is 0.350. The fourth-order valence-electron chi connectivity index (χ4n) is 1.87. The van der Waals surface area contributed by atoms with Crippen LogP contribution in [0, 0.1) is 0 Å². The Bertz CT molecular complexity index is 633. The molecule has 0 fully saturated rings. The Morgan fingerprint density at radius 1 is 1.28 bits per heavy atom. The third-order valence-electron chi connectivity index (χ3n) is 2.89. The molecule has 1 unspecified atom stereocenters. The molecule has 0 aromatic heterocycles. The molecule has 0 radical (unpaired) electrons. The summed E-state index contributed by atoms with van der Waals surface area (Å²) in [6.45, 7) is 5.08. The van der Waals surface area contributed by atoms with Crippen LogP contribution < -0.4 is 10.1 Å². The zero-order valence-electron chi connectivity index (χ0n) is 14.7. The number of ether oxygens (including phenoxy) is 3. The Kier molecular flexibility index (Phi) is 7.55. The minimum Gasteiger partial charge on any atom is -0.488 e. The van der Waals surface area contributed by atoms with Crippen molar-refractivity contribution in [3.05, 3.63) is 40.3 Å². The van der Waals surface area contributed by atoms with Gasteiger partial charge in [-0.2, -0.15) is 0 Å². The fourth-order valence-corrected chi connectivity index (χ4v) is 1.87. The van der Waals surface area contributed by atoms with Gasteiger partial charge in [0.15, 0.2) is 6.73 Å². The van der Waals surface area contributed by atoms with Crippen molar-refractivity contribution in [3.63, 3.8) is 0 Å². The minimum atomic E-state index is -0.880. The lowest BCUT2D eigenvalue weighted by Gasteiger charge is -2.22. The standard InChI is InChI=1S/C16H22N4O5/c1-16(2,3)25-15(22)19-13(14(21)23-4)9-11-5-7-12(8-6-11)24-10-18-20-17/h5-8,13H,9-10H2,1-4H3,(H,19,22). The van der Waals surface area contributed by atoms with Gasteiger partial charge in [0.25, 0.3) is 0 Å². The largest absolute Gasteiger partial charge is 0.488 e. The van der Waals surface area contributed by atoms with E-state index in [0.29, 0.717) is 5.75 Å². The molecule has 1 amide bonds. The van der Waals surface area contributed by atoms with Crippen molar-refractivity contribution >= 4 is 12.1 Å². The van der Waals surface area contributed by atoms with Crippen molar-refractivity contribution < 1.29 is 23.8 Å². The number of carbonyl (C=O) groups excluding carboxylic acids is 2. The highest BCUT2D eigenvalue weighted by molar-refractivity contribution is 5.81. The number of methoxy groups -OCH3 is 1. The molecule has 9 nitrogen and oxygen atoms in total. The average Bonchev–Trinajstić information content (AvgIpc) is 2.53. The maximum absolute atomic E-state index is 11.9. The summed E-state index contributed by atoms with van der Waals surface area (Å²) < 4.78 is 15.1. The number of hydrogen-bond acceptors (Lipinski definition) is 6. The molecule has 0 aliphatic rings. The zero-order valence-corrected chi connectivity index (χ0v) is 14.7. The number of rotatable bonds is 7. The van der Waals surface area contributed by atoms with Gasteiger partial charge >= 0.3 is 12.1 Å². The first-order chi connectivity index (χ1) is 11.7. The fraction of sp³-hybridized carbons (Fsp3) is 0.500. The van der Waals surface area contributed by atoms with Gasteiger partial charge in [-0.1, -0.05) is 17.2 Å². The number of amides is 1. The number of carbonyl (C=O) groups is 2. The summed E-state index contributed by atoms with van der Waals surface area (Å²) in [4.78, 5) is 26.4. The molecule has 0 spiro atoms. The SMILES string of the molecule is COC(=O)C(Cc1ccc(OCN=[N+]=[N-])cc1)NC(=O)OC(C)(C)C. The Labute approximate surface area is 145 Å². The number of hydrogen-bond donors (Lipinski definition) is 1. The zero-order chi connectivity index (χ0) is 18.9. The molecular formula is C16H22N4O5. The number of azide groups is 1. The topological polar surface area (TPSA) is 123 Å². The molecule has 1 rings (SSSR count). The second-order valence-electron chi connectivity index (χ2n) is 6.07. The van der Waals surface area contributed by atoms with Gasteiger partial charge in [0.2, 0.25) is 0 Å². The predicted octanol–water partition coefficient (Wildman–Crippen LogP) is 2.94. The first-order valence-electron chi connectivity index (χ1n) is 7.55. The molecule has 0 aliphatic carbocycles. The molecule has 25 heavy (non-hydrogen) atoms. The first-order valence-corrected chi connectivity index (χ1v) is 7.55. The van der Waals surface area contributed by atoms with Gasteiger partial charge in [0, 0.05) is 11.3 Å². The Hall–Kier alpha value is -2.93. The summed E-state index contributed by atoms with van der Waals surface area (Å²) in [5.41, 5.74) is 8.30. The van der Waals surface area contributed by atoms with Crippen LogP contribution in [-0.4, -0.2) is 37.5 Å². The lowest BCUT2D eigenvalue weighted by atomic mass is 10.1. The van der Waals surface area contributed by atoms with Crippen LogP contribution in [0.5, 0.6) is 5.75 Å². The third-order valence-corrected chi connectivity index (χ3v) is 2.89. The van der Waals surface area contributed by atoms with Gasteiger partial charge in [0.05, 0.1) is 7.11 Å². The Morgan fingerprint density at radius 2 is 1.92 bits per heavy atom. The van der Waals surface area contributed by atoms with Gasteiger partial charge in [-0.25, -0.2) is 9.59 Å². The number of esters is 1. The van der Waals surface area contributed by atoms with Crippen LogP contribution in [-0.2, 0) is 20.7 Å². The molecule has 1 aromatic rings. The maximum Gasteiger partial charge on any atom is 0.408 e. The van der Waals surface area contributed by atoms with E-state index in [-0.39, 0.29) is 13.2 Å². The second kappa shape index (κ2) is 9.39. The van der Waals surface area contributed by atoms with Crippen LogP contribution >= 0.6 is 0 Å². The number of nitrogens with one attached hydrogen (secondary N) is 1. The highest BCUT2D eigenvalue weighted by Gasteiger charge is 2.25. The average molecular weight is 350 g/mol. The van der Waals surface area contributed by atoms with Crippen LogP contribution in [0.1, 0.15) is 26.3 Å². The van der Waals surface area contributed by atoms with E-state index in [1.54, 1.807) is 45.0 Å². The molecule has 1 N–H and O–H groups in total. The second-order valence-corrected chi connectivity index (χ2v) is 6.07. The maximum atomic E-state index is 11.9. The van der Waals surface area contributed by atoms with Crippen molar-refractivity contribution in [1.82, 2.24) is 5.32 Å². The molecular weight excluding hydrogens is 328 g/mol. The van der Waals surface area contributed by atoms with Crippen LogP contribution in [0.2, 0.25) is 0 Å². The normalized spacial score (nSPS) is 11.7. The van der Waals surface area contributed by atoms with Crippen molar-refractivity contribution in [2.45, 2.75) is 38.8 Å². The Morgan fingerprint density at radius 3 is 2.44 bits per heavy atom. The van der Waals surface area contributed by atoms with Crippen molar-refractivity contribution in [2.75, 3.05) is 13.8 Å². The van der Waals surface area contributed by atoms with E-state index in [1.165, 1.54) is 7.11 Å². The Balaban J connectivity index is 2.73. The third kappa shape index (κ3) is 7.94. The molecule has 1 aromatic carbocycles. The lowest BCUT2D eigenvalue weighted by molar-refractivity contribution is -0.143. The van der Waals surface area contributed by atoms with Crippen molar-refractivity contribution in [1.29, 1.82) is 0 Å². The van der Waals surface area contributed by atoms with Crippen LogP contribution in [0.3, 0.4) is 0 Å². The van der Waals surface area contributed by atoms with Gasteiger partial charge in [-0.3, -0.25) is 0 Å². The monoisotopic (exact) mass is 350 g/mol. The molecule has 0 saturated carbocycles. The number of nitrogens with zero attached hydrogens (tertiary/aromatic N) is 3. The summed E-state index contributed by atoms with van der Waals surface area (Å²) >= 11 is 0. The van der Waals surface area contributed by atoms with Gasteiger partial charge in [-0.05, 0) is 44.0 Å². The first kappa shape index (κ1) is 20.1. The van der Waals surface area contributed by atoms with E-state index in [1.807, 2.05) is 0 Å². The molecule has 1 atom stereocenters. The molecule has 0 saturated heterocycles. The smallest absolute Gasteiger partial charge is 0.408 e. The summed E-state index contributed by atoms with van der Waals surface area (Å²) in [6.07, 6.45) is -0.472. The van der Waals surface area contributed by atoms with Crippen LogP contribution in [0.25, 0.3) is 10.4 Å². The molecule has 0 heterocycles. The predicted molar refractivity (Wildman–Crippen MR) is 90.0 cm³/mol. The van der Waals surface area contributed by atoms with E-state index < -0.39 is 23.7 Å². The number of alkyl carbamates (subject to hydrolysis) is 1. The lowest BCUT2D eigenvalue weighted by Crippen LogP contribution is -2.45. The highest BCUT2D eigenvalue weighted by atomic mass is 16.6. The minimum absolute atomic E-state index is 0.110. The number of benzene rings is 1. The van der Waals surface area contributed by atoms with E-state index >= 15 is 0 Å². The van der Waals surface area contributed by atoms with E-state index in [0.717, 1.165) is 5.56 Å². The summed E-state index contributed by atoms with van der Waals surface area (Å²) in [7, 11) is 1.25. The van der Waals surface area contributed by atoms with Gasteiger partial charge < -0.3 is 19.5 Å². The van der Waals surface area contributed by atoms with E-state index in [9.17, 15) is 9.59 Å². The molecule has 9 heteroatoms. The van der Waals surface area contributed by atoms with Gasteiger partial charge in [0.1, 0.15) is 17.4 Å². The molecule has 136 valence electrons. The van der Waals surface area contributed by atoms with Gasteiger partial charge in [-0.15, -0.1) is 0 Å². The molecule has 0 bridgehead atoms. The van der Waals surface area contributed by atoms with E-state index in [4.69, 9.17) is 19.7 Å². The van der Waals surface area contributed by atoms with E-state index in [2.05, 4.69) is 15.3 Å². The van der Waals surface area contributed by atoms with Crippen LogP contribution in [0.4, 0.5) is 4.79 Å². The highest BCUT2D eigenvalue weighted by Crippen LogP contribution is 2.14. The summed E-state index contributed by atoms with van der Waals surface area (Å²) in [5, 5.41) is 5.78. The summed E-state index contributed by atoms with van der Waals surface area (Å²) in [6, 6.07) is 5.93. The summed E-state index contributed by atoms with van der Waals surface area (Å²) in [5.74, 6) is -0.0552. The van der Waals surface area contributed by atoms with Crippen LogP contribution in [0.15, 0.2) is 29.4 Å². The van der Waals surface area contributed by atoms with Crippen molar-refractivity contribution in [3.8, 4) is 5.75 Å².